The lowest BCUT2D eigenvalue weighted by Crippen LogP contribution is -2.40. The predicted octanol–water partition coefficient (Wildman–Crippen LogP) is 3.94. The fourth-order valence-electron chi connectivity index (χ4n) is 8.03. The van der Waals surface area contributed by atoms with E-state index in [4.69, 9.17) is 37.5 Å². The Bertz CT molecular complexity index is 2340. The average Bonchev–Trinajstić information content (AvgIpc) is 4.01. The molecule has 2 aromatic heterocycles. The average molecular weight is 932 g/mol. The number of benzene rings is 1. The van der Waals surface area contributed by atoms with Gasteiger partial charge in [0.05, 0.1) is 29.1 Å². The van der Waals surface area contributed by atoms with Gasteiger partial charge in [-0.05, 0) is 79.7 Å². The first-order valence-corrected chi connectivity index (χ1v) is 23.0. The van der Waals surface area contributed by atoms with Gasteiger partial charge in [0.25, 0.3) is 19.6 Å². The van der Waals surface area contributed by atoms with Crippen LogP contribution in [0, 0.1) is 10.8 Å². The second-order valence-corrected chi connectivity index (χ2v) is 19.9. The lowest BCUT2D eigenvalue weighted by atomic mass is 9.87. The Hall–Kier alpha value is -4.37. The van der Waals surface area contributed by atoms with E-state index < -0.39 is 108 Å². The maximum Gasteiger partial charge on any atom is 0.330 e. The fourth-order valence-corrected chi connectivity index (χ4v) is 10.2. The van der Waals surface area contributed by atoms with Crippen molar-refractivity contribution in [3.05, 3.63) is 102 Å². The van der Waals surface area contributed by atoms with Gasteiger partial charge in [0, 0.05) is 31.1 Å². The summed E-state index contributed by atoms with van der Waals surface area (Å²) >= 11 is 0. The first-order chi connectivity index (χ1) is 30.7. The number of aliphatic hydroxyl groups excluding tert-OH is 1. The molecule has 11 atom stereocenters. The molecule has 4 saturated heterocycles. The highest BCUT2D eigenvalue weighted by molar-refractivity contribution is 7.45. The van der Waals surface area contributed by atoms with Gasteiger partial charge in [0.1, 0.15) is 30.0 Å². The fraction of sp³-hybridized carbons (Fsp3) is 0.636. The topological polar surface area (TPSA) is 241 Å². The number of rotatable bonds is 13. The maximum absolute atomic E-state index is 12.7. The van der Waals surface area contributed by atoms with Crippen LogP contribution < -0.4 is 22.5 Å². The maximum atomic E-state index is 12.7. The van der Waals surface area contributed by atoms with Gasteiger partial charge in [0.2, 0.25) is 0 Å². The molecular weight excluding hydrogens is 869 g/mol. The quantitative estimate of drug-likeness (QED) is 0.125. The van der Waals surface area contributed by atoms with Crippen LogP contribution >= 0.6 is 8.53 Å². The number of aliphatic hydroxyl groups is 1. The first kappa shape index (κ1) is 50.1. The zero-order valence-electron chi connectivity index (χ0n) is 38.3. The Morgan fingerprint density at radius 3 is 1.78 bits per heavy atom. The molecule has 0 saturated carbocycles. The highest BCUT2D eigenvalue weighted by Gasteiger charge is 2.58. The third-order valence-corrected chi connectivity index (χ3v) is 13.5. The van der Waals surface area contributed by atoms with Crippen molar-refractivity contribution in [2.45, 2.75) is 149 Å². The number of fused-ring (bicyclic) bond motifs is 1. The minimum absolute atomic E-state index is 0.160. The van der Waals surface area contributed by atoms with E-state index in [0.717, 1.165) is 29.5 Å². The van der Waals surface area contributed by atoms with Gasteiger partial charge in [0.15, 0.2) is 26.0 Å². The molecule has 20 nitrogen and oxygen atoms in total. The molecule has 4 fully saturated rings. The van der Waals surface area contributed by atoms with Gasteiger partial charge in [-0.1, -0.05) is 44.2 Å². The Labute approximate surface area is 377 Å². The number of ether oxygens (including phenoxy) is 6. The van der Waals surface area contributed by atoms with Crippen molar-refractivity contribution in [3.63, 3.8) is 0 Å². The number of nitrogens with one attached hydrogen (secondary N) is 2. The number of nitrogens with zero attached hydrogens (tertiary/aromatic N) is 3. The molecule has 4 aliphatic rings. The van der Waals surface area contributed by atoms with Crippen LogP contribution in [-0.4, -0.2) is 104 Å². The smallest absolute Gasteiger partial charge is 0.330 e. The van der Waals surface area contributed by atoms with Crippen molar-refractivity contribution in [2.75, 3.05) is 20.1 Å². The van der Waals surface area contributed by atoms with Crippen LogP contribution in [0.15, 0.2) is 74.0 Å². The normalized spacial score (nSPS) is 30.1. The van der Waals surface area contributed by atoms with E-state index in [-0.39, 0.29) is 19.6 Å². The number of hydrogen-bond acceptors (Lipinski definition) is 16. The summed E-state index contributed by atoms with van der Waals surface area (Å²) in [7, 11) is -1.49. The van der Waals surface area contributed by atoms with E-state index in [9.17, 15) is 33.9 Å². The second-order valence-electron chi connectivity index (χ2n) is 18.5. The van der Waals surface area contributed by atoms with Crippen LogP contribution in [0.5, 0.6) is 0 Å². The van der Waals surface area contributed by atoms with E-state index in [1.807, 2.05) is 32.0 Å². The molecule has 0 amide bonds. The number of carbonyl (C=O) groups excluding carboxylic acids is 2. The van der Waals surface area contributed by atoms with Gasteiger partial charge in [-0.2, -0.15) is 0 Å². The highest BCUT2D eigenvalue weighted by Crippen LogP contribution is 2.64. The SMILES string of the molecule is CC[C@H]1O[C@@H](n2ccc(=O)[nH]c2=O)[C@@H](OCOC(=O)C(C)(C)C)C1O.CC[C@H]1O[C@@H](n2ccc(=O)[nH]c2=O)[C@@H](OCOC(=O)C(C)(C)C)C1O[P@@]1O[C@](C)(c2ccccc2)[C@@H]2CCCN21. The molecule has 6 heterocycles. The molecular formula is C44H62N5O15P. The summed E-state index contributed by atoms with van der Waals surface area (Å²) in [5.74, 6) is -0.874. The summed E-state index contributed by atoms with van der Waals surface area (Å²) in [5.41, 5.74) is -3.21. The summed E-state index contributed by atoms with van der Waals surface area (Å²) < 4.78 is 52.2. The molecule has 7 rings (SSSR count). The van der Waals surface area contributed by atoms with E-state index >= 15 is 0 Å². The number of hydrogen-bond donors (Lipinski definition) is 3. The second kappa shape index (κ2) is 20.7. The van der Waals surface area contributed by atoms with E-state index in [1.165, 1.54) is 29.1 Å². The highest BCUT2D eigenvalue weighted by atomic mass is 31.2. The van der Waals surface area contributed by atoms with Crippen molar-refractivity contribution >= 4 is 20.5 Å². The van der Waals surface area contributed by atoms with Gasteiger partial charge in [-0.3, -0.25) is 38.3 Å². The van der Waals surface area contributed by atoms with E-state index in [1.54, 1.807) is 41.5 Å². The zero-order chi connectivity index (χ0) is 47.4. The minimum atomic E-state index is -1.49. The zero-order valence-corrected chi connectivity index (χ0v) is 39.2. The van der Waals surface area contributed by atoms with Crippen LogP contribution in [-0.2, 0) is 52.7 Å². The van der Waals surface area contributed by atoms with Crippen LogP contribution in [0.1, 0.15) is 106 Å². The van der Waals surface area contributed by atoms with Crippen LogP contribution in [0.25, 0.3) is 0 Å². The summed E-state index contributed by atoms with van der Waals surface area (Å²) in [4.78, 5) is 76.3. The summed E-state index contributed by atoms with van der Waals surface area (Å²) in [6.45, 7) is 16.4. The third-order valence-electron chi connectivity index (χ3n) is 11.7. The molecule has 4 aliphatic heterocycles. The summed E-state index contributed by atoms with van der Waals surface area (Å²) in [5, 5.41) is 10.4. The number of carbonyl (C=O) groups is 2. The molecule has 65 heavy (non-hydrogen) atoms. The number of H-pyrrole nitrogens is 2. The monoisotopic (exact) mass is 931 g/mol. The molecule has 0 bridgehead atoms. The van der Waals surface area contributed by atoms with E-state index in [0.29, 0.717) is 12.8 Å². The summed E-state index contributed by atoms with van der Waals surface area (Å²) in [6.07, 6.45) is -0.506. The van der Waals surface area contributed by atoms with Crippen LogP contribution in [0.3, 0.4) is 0 Å². The van der Waals surface area contributed by atoms with Gasteiger partial charge < -0.3 is 42.6 Å². The largest absolute Gasteiger partial charge is 0.438 e. The molecule has 1 aromatic carbocycles. The third kappa shape index (κ3) is 11.3. The van der Waals surface area contributed by atoms with Crippen molar-refractivity contribution in [1.82, 2.24) is 23.8 Å². The van der Waals surface area contributed by atoms with Crippen LogP contribution in [0.2, 0.25) is 0 Å². The molecule has 0 radical (unpaired) electrons. The minimum Gasteiger partial charge on any atom is -0.438 e. The molecule has 0 spiro atoms. The number of esters is 2. The Balaban J connectivity index is 0.000000241. The number of aromatic amines is 2. The van der Waals surface area contributed by atoms with E-state index in [2.05, 4.69) is 33.7 Å². The van der Waals surface area contributed by atoms with Crippen LogP contribution in [0.4, 0.5) is 0 Å². The van der Waals surface area contributed by atoms with Crippen molar-refractivity contribution < 1.29 is 52.2 Å². The lowest BCUT2D eigenvalue weighted by molar-refractivity contribution is -0.179. The van der Waals surface area contributed by atoms with Gasteiger partial charge in [-0.25, -0.2) is 14.3 Å². The molecule has 21 heteroatoms. The van der Waals surface area contributed by atoms with Gasteiger partial charge >= 0.3 is 23.3 Å². The molecule has 3 aromatic rings. The molecule has 358 valence electrons. The van der Waals surface area contributed by atoms with Crippen molar-refractivity contribution in [1.29, 1.82) is 0 Å². The lowest BCUT2D eigenvalue weighted by Gasteiger charge is -2.29. The number of aromatic nitrogens is 4. The molecule has 0 aliphatic carbocycles. The summed E-state index contributed by atoms with van der Waals surface area (Å²) in [6, 6.07) is 12.8. The standard InChI is InChI=1S/C28H38N3O8P.C16H24N2O7/c1-6-19-22(38-40-31-15-10-13-20(31)28(5,39-40)18-11-8-7-9-12-18)23(35-17-36-25(33)27(2,3)4)24(37-19)30-16-14-21(32)29-26(30)34;1-5-9-11(20)12(23-8-24-14(21)16(2,3)4)13(25-9)18-7-6-10(19)17-15(18)22/h7-9,11-12,14,16,19-20,22-24H,6,10,13,15,17H2,1-5H3,(H,29,32,34);6-7,9,11-13,20H,5,8H2,1-4H3,(H,17,19,22)/t19-,20+,22?,23+,24-,28-,40+;9-,11?,12+,13-/m11/s1. The molecule has 2 unspecified atom stereocenters. The predicted molar refractivity (Wildman–Crippen MR) is 234 cm³/mol. The van der Waals surface area contributed by atoms with Gasteiger partial charge in [-0.15, -0.1) is 0 Å². The Morgan fingerprint density at radius 1 is 0.769 bits per heavy atom. The molecule has 3 N–H and O–H groups in total. The Kier molecular flexibility index (Phi) is 15.9. The first-order valence-electron chi connectivity index (χ1n) is 21.9. The Morgan fingerprint density at radius 2 is 1.28 bits per heavy atom. The van der Waals surface area contributed by atoms with Crippen molar-refractivity contribution in [2.24, 2.45) is 10.8 Å². The van der Waals surface area contributed by atoms with Crippen molar-refractivity contribution in [3.8, 4) is 0 Å².